The van der Waals surface area contributed by atoms with Crippen molar-refractivity contribution in [1.82, 2.24) is 4.31 Å². The van der Waals surface area contributed by atoms with Crippen LogP contribution in [0.3, 0.4) is 0 Å². The van der Waals surface area contributed by atoms with Crippen LogP contribution < -0.4 is 5.73 Å². The smallest absolute Gasteiger partial charge is 0.339 e. The second kappa shape index (κ2) is 9.00. The molecule has 9 heteroatoms. The topological polar surface area (TPSA) is 89.7 Å². The van der Waals surface area contributed by atoms with Crippen LogP contribution in [-0.4, -0.2) is 45.4 Å². The molecule has 1 heterocycles. The van der Waals surface area contributed by atoms with Crippen LogP contribution in [0.1, 0.15) is 21.8 Å². The van der Waals surface area contributed by atoms with Gasteiger partial charge in [-0.1, -0.05) is 30.3 Å². The first kappa shape index (κ1) is 22.3. The Bertz CT molecular complexity index is 940. The predicted octanol–water partition coefficient (Wildman–Crippen LogP) is 2.40. The van der Waals surface area contributed by atoms with Gasteiger partial charge in [0.05, 0.1) is 17.6 Å². The Morgan fingerprint density at radius 3 is 2.50 bits per heavy atom. The SMILES string of the molecule is COC(=O)c1cc(F)ccc1S(=O)(=O)N1C[C@@H](CN)[C@H](c2ccccc2)C1.Cl. The molecule has 1 saturated heterocycles. The van der Waals surface area contributed by atoms with E-state index in [4.69, 9.17) is 5.73 Å². The number of carbonyl (C=O) groups excluding carboxylic acids is 1. The van der Waals surface area contributed by atoms with Crippen LogP contribution in [0.2, 0.25) is 0 Å². The summed E-state index contributed by atoms with van der Waals surface area (Å²) in [5.74, 6) is -1.71. The molecule has 0 aliphatic carbocycles. The van der Waals surface area contributed by atoms with Gasteiger partial charge in [0.1, 0.15) is 5.82 Å². The molecule has 2 aromatic carbocycles. The fraction of sp³-hybridized carbons (Fsp3) is 0.316. The zero-order valence-corrected chi connectivity index (χ0v) is 16.9. The third-order valence-electron chi connectivity index (χ3n) is 4.90. The molecule has 1 aliphatic heterocycles. The Kier molecular flexibility index (Phi) is 7.16. The van der Waals surface area contributed by atoms with Gasteiger partial charge in [0, 0.05) is 19.0 Å². The van der Waals surface area contributed by atoms with Crippen molar-refractivity contribution in [1.29, 1.82) is 0 Å². The van der Waals surface area contributed by atoms with Gasteiger partial charge in [0.2, 0.25) is 10.0 Å². The van der Waals surface area contributed by atoms with Crippen molar-refractivity contribution in [2.24, 2.45) is 11.7 Å². The Morgan fingerprint density at radius 2 is 1.89 bits per heavy atom. The van der Waals surface area contributed by atoms with Crippen molar-refractivity contribution >= 4 is 28.4 Å². The molecule has 2 aromatic rings. The van der Waals surface area contributed by atoms with E-state index in [-0.39, 0.29) is 47.8 Å². The van der Waals surface area contributed by atoms with Gasteiger partial charge in [-0.2, -0.15) is 4.31 Å². The highest BCUT2D eigenvalue weighted by atomic mass is 35.5. The Morgan fingerprint density at radius 1 is 1.21 bits per heavy atom. The average molecular weight is 429 g/mol. The normalized spacial score (nSPS) is 19.8. The number of nitrogens with zero attached hydrogens (tertiary/aromatic N) is 1. The van der Waals surface area contributed by atoms with E-state index in [2.05, 4.69) is 4.74 Å². The predicted molar refractivity (Wildman–Crippen MR) is 105 cm³/mol. The molecule has 28 heavy (non-hydrogen) atoms. The molecular weight excluding hydrogens is 407 g/mol. The monoisotopic (exact) mass is 428 g/mol. The number of methoxy groups -OCH3 is 1. The highest BCUT2D eigenvalue weighted by Gasteiger charge is 2.40. The van der Waals surface area contributed by atoms with E-state index in [1.807, 2.05) is 30.3 Å². The molecule has 152 valence electrons. The lowest BCUT2D eigenvalue weighted by Crippen LogP contribution is -2.31. The Balaban J connectivity index is 0.00000280. The summed E-state index contributed by atoms with van der Waals surface area (Å²) < 4.78 is 45.9. The molecule has 0 amide bonds. The second-order valence-electron chi connectivity index (χ2n) is 6.47. The highest BCUT2D eigenvalue weighted by molar-refractivity contribution is 7.89. The lowest BCUT2D eigenvalue weighted by molar-refractivity contribution is 0.0595. The van der Waals surface area contributed by atoms with Crippen molar-refractivity contribution in [3.05, 3.63) is 65.5 Å². The van der Waals surface area contributed by atoms with Crippen LogP contribution >= 0.6 is 12.4 Å². The summed E-state index contributed by atoms with van der Waals surface area (Å²) in [5, 5.41) is 0. The molecule has 3 rings (SSSR count). The number of esters is 1. The lowest BCUT2D eigenvalue weighted by atomic mass is 9.89. The summed E-state index contributed by atoms with van der Waals surface area (Å²) in [4.78, 5) is 11.7. The maximum Gasteiger partial charge on any atom is 0.339 e. The minimum absolute atomic E-state index is 0. The first-order valence-corrected chi connectivity index (χ1v) is 9.95. The quantitative estimate of drug-likeness (QED) is 0.738. The summed E-state index contributed by atoms with van der Waals surface area (Å²) >= 11 is 0. The van der Waals surface area contributed by atoms with E-state index < -0.39 is 21.8 Å². The zero-order chi connectivity index (χ0) is 19.6. The van der Waals surface area contributed by atoms with Crippen molar-refractivity contribution in [2.45, 2.75) is 10.8 Å². The fourth-order valence-electron chi connectivity index (χ4n) is 3.48. The molecule has 2 atom stereocenters. The van der Waals surface area contributed by atoms with Gasteiger partial charge in [-0.25, -0.2) is 17.6 Å². The van der Waals surface area contributed by atoms with E-state index in [1.165, 1.54) is 4.31 Å². The van der Waals surface area contributed by atoms with Crippen LogP contribution in [0.15, 0.2) is 53.4 Å². The molecule has 1 fully saturated rings. The van der Waals surface area contributed by atoms with E-state index in [0.29, 0.717) is 6.54 Å². The maximum absolute atomic E-state index is 13.6. The first-order chi connectivity index (χ1) is 12.9. The number of benzene rings is 2. The van der Waals surface area contributed by atoms with Crippen LogP contribution in [-0.2, 0) is 14.8 Å². The molecule has 2 N–H and O–H groups in total. The number of halogens is 2. The van der Waals surface area contributed by atoms with Crippen molar-refractivity contribution < 1.29 is 22.3 Å². The van der Waals surface area contributed by atoms with Crippen molar-refractivity contribution in [2.75, 3.05) is 26.7 Å². The van der Waals surface area contributed by atoms with Crippen LogP contribution in [0.5, 0.6) is 0 Å². The van der Waals surface area contributed by atoms with Gasteiger partial charge in [0.15, 0.2) is 0 Å². The molecule has 0 bridgehead atoms. The van der Waals surface area contributed by atoms with Gasteiger partial charge in [0.25, 0.3) is 0 Å². The summed E-state index contributed by atoms with van der Waals surface area (Å²) in [7, 11) is -2.89. The zero-order valence-electron chi connectivity index (χ0n) is 15.2. The van der Waals surface area contributed by atoms with E-state index in [1.54, 1.807) is 0 Å². The summed E-state index contributed by atoms with van der Waals surface area (Å²) in [6.45, 7) is 0.807. The Labute approximate surface area is 169 Å². The average Bonchev–Trinajstić information content (AvgIpc) is 3.13. The number of carbonyl (C=O) groups is 1. The third-order valence-corrected chi connectivity index (χ3v) is 6.79. The number of sulfonamides is 1. The summed E-state index contributed by atoms with van der Waals surface area (Å²) in [6, 6.07) is 12.6. The van der Waals surface area contributed by atoms with E-state index in [0.717, 1.165) is 30.9 Å². The number of hydrogen-bond donors (Lipinski definition) is 1. The fourth-order valence-corrected chi connectivity index (χ4v) is 5.16. The van der Waals surface area contributed by atoms with E-state index >= 15 is 0 Å². The molecule has 0 unspecified atom stereocenters. The van der Waals surface area contributed by atoms with E-state index in [9.17, 15) is 17.6 Å². The number of rotatable bonds is 5. The van der Waals surface area contributed by atoms with Crippen LogP contribution in [0.4, 0.5) is 4.39 Å². The molecular formula is C19H22ClFN2O4S. The molecule has 0 saturated carbocycles. The minimum Gasteiger partial charge on any atom is -0.465 e. The second-order valence-corrected chi connectivity index (χ2v) is 8.37. The van der Waals surface area contributed by atoms with Crippen molar-refractivity contribution in [3.8, 4) is 0 Å². The molecule has 0 aromatic heterocycles. The summed E-state index contributed by atoms with van der Waals surface area (Å²) in [6.07, 6.45) is 0. The van der Waals surface area contributed by atoms with Crippen LogP contribution in [0, 0.1) is 11.7 Å². The summed E-state index contributed by atoms with van der Waals surface area (Å²) in [5.41, 5.74) is 6.58. The van der Waals surface area contributed by atoms with Crippen molar-refractivity contribution in [3.63, 3.8) is 0 Å². The van der Waals surface area contributed by atoms with Gasteiger partial charge >= 0.3 is 5.97 Å². The number of nitrogens with two attached hydrogens (primary N) is 1. The standard InChI is InChI=1S/C19H21FN2O4S.ClH/c1-26-19(23)16-9-15(20)7-8-18(16)27(24,25)22-11-14(10-21)17(12-22)13-5-3-2-4-6-13;/h2-9,14,17H,10-12,21H2,1H3;1H/t14-,17+;/m1./s1. The largest absolute Gasteiger partial charge is 0.465 e. The maximum atomic E-state index is 13.6. The van der Waals surface area contributed by atoms with Gasteiger partial charge in [-0.3, -0.25) is 0 Å². The highest BCUT2D eigenvalue weighted by Crippen LogP contribution is 2.36. The Hall–Kier alpha value is -2.00. The molecule has 0 spiro atoms. The number of ether oxygens (including phenoxy) is 1. The first-order valence-electron chi connectivity index (χ1n) is 8.51. The van der Waals surface area contributed by atoms with Gasteiger partial charge < -0.3 is 10.5 Å². The molecule has 6 nitrogen and oxygen atoms in total. The van der Waals surface area contributed by atoms with Gasteiger partial charge in [-0.15, -0.1) is 12.4 Å². The molecule has 1 aliphatic rings. The lowest BCUT2D eigenvalue weighted by Gasteiger charge is -2.18. The minimum atomic E-state index is -4.01. The number of hydrogen-bond acceptors (Lipinski definition) is 5. The third kappa shape index (κ3) is 4.20. The van der Waals surface area contributed by atoms with Gasteiger partial charge in [-0.05, 0) is 36.2 Å². The molecule has 0 radical (unpaired) electrons. The van der Waals surface area contributed by atoms with Crippen LogP contribution in [0.25, 0.3) is 0 Å².